The zero-order valence-corrected chi connectivity index (χ0v) is 12.6. The fraction of sp³-hybridized carbons (Fsp3) is 0.0625. The lowest BCUT2D eigenvalue weighted by molar-refractivity contribution is 0.449. The molecule has 0 radical (unpaired) electrons. The van der Waals surface area contributed by atoms with E-state index in [1.54, 1.807) is 18.2 Å². The summed E-state index contributed by atoms with van der Waals surface area (Å²) in [6.07, 6.45) is 1.18. The monoisotopic (exact) mass is 349 g/mol. The van der Waals surface area contributed by atoms with Crippen LogP contribution in [0, 0.1) is 23.3 Å². The molecule has 0 saturated heterocycles. The number of halogens is 4. The van der Waals surface area contributed by atoms with Crippen molar-refractivity contribution < 1.29 is 17.6 Å². The van der Waals surface area contributed by atoms with Crippen molar-refractivity contribution in [3.05, 3.63) is 71.4 Å². The summed E-state index contributed by atoms with van der Waals surface area (Å²) in [6, 6.07) is 7.98. The Balaban J connectivity index is 1.74. The number of rotatable bonds is 5. The van der Waals surface area contributed by atoms with Crippen LogP contribution in [0.2, 0.25) is 0 Å². The molecule has 25 heavy (non-hydrogen) atoms. The molecule has 2 N–H and O–H groups in total. The van der Waals surface area contributed by atoms with E-state index in [0.717, 1.165) is 12.1 Å². The van der Waals surface area contributed by atoms with Gasteiger partial charge in [-0.15, -0.1) is 5.10 Å². The minimum atomic E-state index is -1.59. The van der Waals surface area contributed by atoms with E-state index in [1.165, 1.54) is 12.3 Å². The first-order chi connectivity index (χ1) is 12.0. The Kier molecular flexibility index (Phi) is 4.73. The van der Waals surface area contributed by atoms with Crippen LogP contribution in [0.3, 0.4) is 0 Å². The molecule has 128 valence electrons. The Hall–Kier alpha value is -3.23. The molecule has 3 aromatic rings. The van der Waals surface area contributed by atoms with Crippen LogP contribution in [0.1, 0.15) is 5.56 Å². The van der Waals surface area contributed by atoms with Crippen molar-refractivity contribution in [2.45, 2.75) is 6.54 Å². The van der Waals surface area contributed by atoms with Gasteiger partial charge in [0.1, 0.15) is 5.82 Å². The van der Waals surface area contributed by atoms with Gasteiger partial charge in [-0.2, -0.15) is 10.1 Å². The lowest BCUT2D eigenvalue weighted by Crippen LogP contribution is -2.08. The molecule has 0 saturated carbocycles. The lowest BCUT2D eigenvalue weighted by atomic mass is 10.2. The number of nitrogens with zero attached hydrogens (tertiary/aromatic N) is 3. The molecule has 0 amide bonds. The predicted molar refractivity (Wildman–Crippen MR) is 83.2 cm³/mol. The van der Waals surface area contributed by atoms with E-state index in [2.05, 4.69) is 25.8 Å². The first-order valence-corrected chi connectivity index (χ1v) is 7.12. The average Bonchev–Trinajstić information content (AvgIpc) is 2.62. The Bertz CT molecular complexity index is 903. The van der Waals surface area contributed by atoms with Crippen LogP contribution in [0.5, 0.6) is 0 Å². The van der Waals surface area contributed by atoms with E-state index in [-0.39, 0.29) is 29.8 Å². The molecule has 1 aromatic heterocycles. The Labute approximate surface area is 139 Å². The normalized spacial score (nSPS) is 10.6. The number of benzene rings is 2. The first-order valence-electron chi connectivity index (χ1n) is 7.12. The molecule has 0 aliphatic carbocycles. The van der Waals surface area contributed by atoms with Gasteiger partial charge in [0.25, 0.3) is 0 Å². The highest BCUT2D eigenvalue weighted by atomic mass is 19.2. The molecule has 0 bridgehead atoms. The SMILES string of the molecule is Fc1ccccc1CNc1nncc(Nc2ccc(F)c(F)c2F)n1. The van der Waals surface area contributed by atoms with Crippen molar-refractivity contribution in [3.63, 3.8) is 0 Å². The second-order valence-corrected chi connectivity index (χ2v) is 4.96. The maximum absolute atomic E-state index is 13.7. The zero-order valence-electron chi connectivity index (χ0n) is 12.6. The highest BCUT2D eigenvalue weighted by Crippen LogP contribution is 2.22. The molecule has 0 fully saturated rings. The van der Waals surface area contributed by atoms with Crippen molar-refractivity contribution >= 4 is 17.5 Å². The minimum Gasteiger partial charge on any atom is -0.349 e. The largest absolute Gasteiger partial charge is 0.349 e. The van der Waals surface area contributed by atoms with Crippen molar-refractivity contribution in [2.24, 2.45) is 0 Å². The number of hydrogen-bond acceptors (Lipinski definition) is 5. The fourth-order valence-corrected chi connectivity index (χ4v) is 2.02. The maximum Gasteiger partial charge on any atom is 0.244 e. The van der Waals surface area contributed by atoms with Gasteiger partial charge >= 0.3 is 0 Å². The third-order valence-corrected chi connectivity index (χ3v) is 3.25. The van der Waals surface area contributed by atoms with Crippen molar-refractivity contribution in [2.75, 3.05) is 10.6 Å². The summed E-state index contributed by atoms with van der Waals surface area (Å²) in [5, 5.41) is 12.6. The number of aromatic nitrogens is 3. The smallest absolute Gasteiger partial charge is 0.244 e. The maximum atomic E-state index is 13.7. The van der Waals surface area contributed by atoms with Gasteiger partial charge in [0.15, 0.2) is 23.3 Å². The van der Waals surface area contributed by atoms with Gasteiger partial charge in [-0.25, -0.2) is 17.6 Å². The van der Waals surface area contributed by atoms with Crippen LogP contribution >= 0.6 is 0 Å². The lowest BCUT2D eigenvalue weighted by Gasteiger charge is -2.09. The molecule has 2 aromatic carbocycles. The predicted octanol–water partition coefficient (Wildman–Crippen LogP) is 3.78. The van der Waals surface area contributed by atoms with Gasteiger partial charge in [0.05, 0.1) is 11.9 Å². The molecule has 0 spiro atoms. The van der Waals surface area contributed by atoms with Gasteiger partial charge in [-0.3, -0.25) is 0 Å². The number of nitrogens with one attached hydrogen (secondary N) is 2. The minimum absolute atomic E-state index is 0.0518. The summed E-state index contributed by atoms with van der Waals surface area (Å²) in [4.78, 5) is 4.00. The van der Waals surface area contributed by atoms with Crippen LogP contribution in [0.25, 0.3) is 0 Å². The third-order valence-electron chi connectivity index (χ3n) is 3.25. The van der Waals surface area contributed by atoms with E-state index in [1.807, 2.05) is 0 Å². The standard InChI is InChI=1S/C16H11F4N5/c17-10-4-2-1-3-9(10)7-21-16-24-13(8-22-25-16)23-12-6-5-11(18)14(19)15(12)20/h1-6,8H,7H2,(H2,21,23,24,25). The van der Waals surface area contributed by atoms with Crippen LogP contribution in [-0.4, -0.2) is 15.2 Å². The van der Waals surface area contributed by atoms with Gasteiger partial charge in [-0.1, -0.05) is 18.2 Å². The summed E-state index contributed by atoms with van der Waals surface area (Å²) in [5.41, 5.74) is 0.0931. The fourth-order valence-electron chi connectivity index (χ4n) is 2.02. The third kappa shape index (κ3) is 3.82. The van der Waals surface area contributed by atoms with E-state index in [0.29, 0.717) is 5.56 Å². The summed E-state index contributed by atoms with van der Waals surface area (Å²) in [6.45, 7) is 0.108. The molecule has 0 aliphatic heterocycles. The Morgan fingerprint density at radius 3 is 2.48 bits per heavy atom. The quantitative estimate of drug-likeness (QED) is 0.542. The van der Waals surface area contributed by atoms with Crippen LogP contribution in [0.15, 0.2) is 42.6 Å². The molecule has 1 heterocycles. The van der Waals surface area contributed by atoms with E-state index >= 15 is 0 Å². The molecule has 3 rings (SSSR count). The van der Waals surface area contributed by atoms with E-state index < -0.39 is 17.5 Å². The van der Waals surface area contributed by atoms with Gasteiger partial charge < -0.3 is 10.6 Å². The van der Waals surface area contributed by atoms with Crippen LogP contribution in [-0.2, 0) is 6.54 Å². The Morgan fingerprint density at radius 1 is 0.880 bits per heavy atom. The summed E-state index contributed by atoms with van der Waals surface area (Å²) in [5.74, 6) is -4.55. The van der Waals surface area contributed by atoms with Crippen molar-refractivity contribution in [1.82, 2.24) is 15.2 Å². The molecular weight excluding hydrogens is 338 g/mol. The Morgan fingerprint density at radius 2 is 1.68 bits per heavy atom. The molecule has 0 aliphatic rings. The molecule has 0 atom stereocenters. The summed E-state index contributed by atoms with van der Waals surface area (Å²) < 4.78 is 53.4. The first kappa shape index (κ1) is 16.6. The van der Waals surface area contributed by atoms with E-state index in [9.17, 15) is 17.6 Å². The topological polar surface area (TPSA) is 62.7 Å². The average molecular weight is 349 g/mol. The van der Waals surface area contributed by atoms with E-state index in [4.69, 9.17) is 0 Å². The van der Waals surface area contributed by atoms with Crippen molar-refractivity contribution in [3.8, 4) is 0 Å². The second-order valence-electron chi connectivity index (χ2n) is 4.96. The summed E-state index contributed by atoms with van der Waals surface area (Å²) in [7, 11) is 0. The molecule has 0 unspecified atom stereocenters. The highest BCUT2D eigenvalue weighted by molar-refractivity contribution is 5.57. The second kappa shape index (κ2) is 7.12. The number of hydrogen-bond donors (Lipinski definition) is 2. The van der Waals surface area contributed by atoms with Gasteiger partial charge in [-0.05, 0) is 18.2 Å². The highest BCUT2D eigenvalue weighted by Gasteiger charge is 2.14. The molecular formula is C16H11F4N5. The number of anilines is 3. The van der Waals surface area contributed by atoms with Crippen LogP contribution < -0.4 is 10.6 Å². The molecule has 5 nitrogen and oxygen atoms in total. The van der Waals surface area contributed by atoms with Gasteiger partial charge in [0.2, 0.25) is 5.95 Å². The van der Waals surface area contributed by atoms with Crippen molar-refractivity contribution in [1.29, 1.82) is 0 Å². The summed E-state index contributed by atoms with van der Waals surface area (Å²) >= 11 is 0. The van der Waals surface area contributed by atoms with Gasteiger partial charge in [0, 0.05) is 12.1 Å². The van der Waals surface area contributed by atoms with Crippen LogP contribution in [0.4, 0.5) is 35.0 Å². The zero-order chi connectivity index (χ0) is 17.8. The molecule has 9 heteroatoms.